The molecule has 0 amide bonds. The van der Waals surface area contributed by atoms with E-state index >= 15 is 0 Å². The van der Waals surface area contributed by atoms with Gasteiger partial charge in [-0.2, -0.15) is 22.9 Å². The van der Waals surface area contributed by atoms with Crippen LogP contribution in [0.5, 0.6) is 0 Å². The molecule has 1 rings (SSSR count). The van der Waals surface area contributed by atoms with E-state index in [-0.39, 0.29) is 6.17 Å². The van der Waals surface area contributed by atoms with Gasteiger partial charge in [0.15, 0.2) is 0 Å². The van der Waals surface area contributed by atoms with Gasteiger partial charge in [0.2, 0.25) is 0 Å². The van der Waals surface area contributed by atoms with E-state index in [4.69, 9.17) is 5.73 Å². The Labute approximate surface area is 72.2 Å². The van der Waals surface area contributed by atoms with Gasteiger partial charge in [-0.25, -0.2) is 0 Å². The van der Waals surface area contributed by atoms with Crippen LogP contribution in [0.1, 0.15) is 12.8 Å². The number of nitrogens with zero attached hydrogens (tertiary/aromatic N) is 2. The van der Waals surface area contributed by atoms with E-state index in [1.54, 1.807) is 0 Å². The Morgan fingerprint density at radius 2 is 2.36 bits per heavy atom. The fraction of sp³-hybridized carbons (Fsp3) is 0.714. The van der Waals surface area contributed by atoms with Crippen LogP contribution in [-0.4, -0.2) is 11.9 Å². The van der Waals surface area contributed by atoms with E-state index in [2.05, 4.69) is 29.4 Å². The zero-order valence-electron chi connectivity index (χ0n) is 6.40. The first-order chi connectivity index (χ1) is 5.24. The molecular weight excluding hydrogens is 158 g/mol. The molecule has 11 heavy (non-hydrogen) atoms. The van der Waals surface area contributed by atoms with Gasteiger partial charge >= 0.3 is 0 Å². The molecule has 1 atom stereocenters. The second-order valence-corrected chi connectivity index (χ2v) is 3.08. The van der Waals surface area contributed by atoms with Crippen LogP contribution in [0.3, 0.4) is 0 Å². The molecule has 0 saturated heterocycles. The highest BCUT2D eigenvalue weighted by Gasteiger charge is 2.28. The SMILES string of the molecule is C=C(CS)/N=N\C(N)C1CC1. The van der Waals surface area contributed by atoms with E-state index < -0.39 is 0 Å². The van der Waals surface area contributed by atoms with Crippen LogP contribution >= 0.6 is 12.6 Å². The second kappa shape index (κ2) is 3.88. The molecule has 0 radical (unpaired) electrons. The minimum absolute atomic E-state index is 0.119. The molecule has 0 heterocycles. The van der Waals surface area contributed by atoms with E-state index in [1.807, 2.05) is 0 Å². The van der Waals surface area contributed by atoms with Crippen LogP contribution < -0.4 is 5.73 Å². The Morgan fingerprint density at radius 3 is 2.82 bits per heavy atom. The number of nitrogens with two attached hydrogens (primary N) is 1. The summed E-state index contributed by atoms with van der Waals surface area (Å²) in [4.78, 5) is 0. The van der Waals surface area contributed by atoms with Gasteiger partial charge in [0.25, 0.3) is 0 Å². The van der Waals surface area contributed by atoms with Crippen molar-refractivity contribution in [2.75, 3.05) is 5.75 Å². The van der Waals surface area contributed by atoms with Crippen LogP contribution in [0.25, 0.3) is 0 Å². The third-order valence-corrected chi connectivity index (χ3v) is 1.99. The van der Waals surface area contributed by atoms with E-state index in [0.717, 1.165) is 0 Å². The summed E-state index contributed by atoms with van der Waals surface area (Å²) in [6, 6.07) is 0. The van der Waals surface area contributed by atoms with Gasteiger partial charge in [-0.3, -0.25) is 0 Å². The topological polar surface area (TPSA) is 50.7 Å². The van der Waals surface area contributed by atoms with Crippen molar-refractivity contribution in [3.8, 4) is 0 Å². The smallest absolute Gasteiger partial charge is 0.121 e. The zero-order valence-corrected chi connectivity index (χ0v) is 7.30. The molecule has 0 aromatic rings. The third kappa shape index (κ3) is 3.03. The molecule has 1 saturated carbocycles. The Bertz CT molecular complexity index is 175. The highest BCUT2D eigenvalue weighted by atomic mass is 32.1. The average molecular weight is 171 g/mol. The number of thiol groups is 1. The van der Waals surface area contributed by atoms with E-state index in [0.29, 0.717) is 17.4 Å². The minimum Gasteiger partial charge on any atom is -0.308 e. The van der Waals surface area contributed by atoms with Crippen molar-refractivity contribution in [2.45, 2.75) is 19.0 Å². The summed E-state index contributed by atoms with van der Waals surface area (Å²) in [7, 11) is 0. The Hall–Kier alpha value is -0.350. The normalized spacial score (nSPS) is 20.5. The lowest BCUT2D eigenvalue weighted by Crippen LogP contribution is -2.18. The summed E-state index contributed by atoms with van der Waals surface area (Å²) in [6.45, 7) is 3.63. The average Bonchev–Trinajstić information content (AvgIpc) is 2.81. The fourth-order valence-electron chi connectivity index (χ4n) is 0.712. The summed E-state index contributed by atoms with van der Waals surface area (Å²) in [5, 5.41) is 7.74. The zero-order chi connectivity index (χ0) is 8.27. The highest BCUT2D eigenvalue weighted by Crippen LogP contribution is 2.32. The first-order valence-corrected chi connectivity index (χ1v) is 4.32. The maximum absolute atomic E-state index is 5.66. The fourth-order valence-corrected chi connectivity index (χ4v) is 0.775. The summed E-state index contributed by atoms with van der Waals surface area (Å²) in [6.07, 6.45) is 2.26. The third-order valence-electron chi connectivity index (χ3n) is 1.62. The molecule has 1 aliphatic rings. The molecular formula is C7H13N3S. The van der Waals surface area contributed by atoms with Crippen molar-refractivity contribution in [2.24, 2.45) is 21.9 Å². The molecule has 0 bridgehead atoms. The molecule has 0 aromatic carbocycles. The molecule has 1 fully saturated rings. The molecule has 1 unspecified atom stereocenters. The second-order valence-electron chi connectivity index (χ2n) is 2.77. The van der Waals surface area contributed by atoms with Crippen molar-refractivity contribution in [3.05, 3.63) is 12.3 Å². The molecule has 0 aliphatic heterocycles. The Balaban J connectivity index is 2.26. The van der Waals surface area contributed by atoms with Gasteiger partial charge < -0.3 is 5.73 Å². The standard InChI is InChI=1S/C7H13N3S/c1-5(4-11)9-10-7(8)6-2-3-6/h6-7,11H,1-4,8H2/b10-9-. The highest BCUT2D eigenvalue weighted by molar-refractivity contribution is 7.80. The first kappa shape index (κ1) is 8.74. The van der Waals surface area contributed by atoms with Crippen molar-refractivity contribution in [3.63, 3.8) is 0 Å². The monoisotopic (exact) mass is 171 g/mol. The largest absolute Gasteiger partial charge is 0.308 e. The summed E-state index contributed by atoms with van der Waals surface area (Å²) < 4.78 is 0. The maximum atomic E-state index is 5.66. The van der Waals surface area contributed by atoms with Gasteiger partial charge in [0, 0.05) is 5.75 Å². The Kier molecular flexibility index (Phi) is 3.08. The van der Waals surface area contributed by atoms with Crippen molar-refractivity contribution < 1.29 is 0 Å². The van der Waals surface area contributed by atoms with Crippen molar-refractivity contribution in [1.29, 1.82) is 0 Å². The number of hydrogen-bond acceptors (Lipinski definition) is 4. The van der Waals surface area contributed by atoms with Gasteiger partial charge in [-0.05, 0) is 18.8 Å². The van der Waals surface area contributed by atoms with Gasteiger partial charge in [0.05, 0.1) is 5.70 Å². The first-order valence-electron chi connectivity index (χ1n) is 3.69. The molecule has 4 heteroatoms. The molecule has 2 N–H and O–H groups in total. The quantitative estimate of drug-likeness (QED) is 0.489. The van der Waals surface area contributed by atoms with Crippen molar-refractivity contribution in [1.82, 2.24) is 0 Å². The summed E-state index contributed by atoms with van der Waals surface area (Å²) in [5.41, 5.74) is 6.33. The lowest BCUT2D eigenvalue weighted by molar-refractivity contribution is 0.592. The predicted molar refractivity (Wildman–Crippen MR) is 48.5 cm³/mol. The lowest BCUT2D eigenvalue weighted by Gasteiger charge is -2.00. The number of azo groups is 1. The van der Waals surface area contributed by atoms with Gasteiger partial charge in [-0.1, -0.05) is 6.58 Å². The minimum atomic E-state index is -0.119. The van der Waals surface area contributed by atoms with Crippen LogP contribution in [0, 0.1) is 5.92 Å². The molecule has 0 aromatic heterocycles. The molecule has 1 aliphatic carbocycles. The summed E-state index contributed by atoms with van der Waals surface area (Å²) >= 11 is 3.99. The molecule has 0 spiro atoms. The van der Waals surface area contributed by atoms with E-state index in [1.165, 1.54) is 12.8 Å². The van der Waals surface area contributed by atoms with E-state index in [9.17, 15) is 0 Å². The number of hydrogen-bond donors (Lipinski definition) is 2. The van der Waals surface area contributed by atoms with Crippen LogP contribution in [0.15, 0.2) is 22.5 Å². The molecule has 62 valence electrons. The van der Waals surface area contributed by atoms with Crippen LogP contribution in [-0.2, 0) is 0 Å². The van der Waals surface area contributed by atoms with Crippen molar-refractivity contribution >= 4 is 12.6 Å². The van der Waals surface area contributed by atoms with Gasteiger partial charge in [0.1, 0.15) is 6.17 Å². The molecule has 3 nitrogen and oxygen atoms in total. The van der Waals surface area contributed by atoms with Gasteiger partial charge in [-0.15, -0.1) is 0 Å². The predicted octanol–water partition coefficient (Wildman–Crippen LogP) is 1.58. The maximum Gasteiger partial charge on any atom is 0.121 e. The lowest BCUT2D eigenvalue weighted by atomic mass is 10.3. The Morgan fingerprint density at radius 1 is 1.73 bits per heavy atom. The van der Waals surface area contributed by atoms with Crippen LogP contribution in [0.2, 0.25) is 0 Å². The number of rotatable bonds is 4. The van der Waals surface area contributed by atoms with Crippen LogP contribution in [0.4, 0.5) is 0 Å². The summed E-state index contributed by atoms with van der Waals surface area (Å²) in [5.74, 6) is 1.10.